The largest absolute Gasteiger partial charge is 0.417 e. The van der Waals surface area contributed by atoms with Crippen molar-refractivity contribution in [3.63, 3.8) is 0 Å². The normalized spacial score (nSPS) is 11.4. The predicted molar refractivity (Wildman–Crippen MR) is 71.4 cm³/mol. The summed E-state index contributed by atoms with van der Waals surface area (Å²) in [4.78, 5) is 11.6. The van der Waals surface area contributed by atoms with Crippen molar-refractivity contribution in [3.8, 4) is 0 Å². The molecule has 9 heteroatoms. The van der Waals surface area contributed by atoms with Gasteiger partial charge in [-0.3, -0.25) is 0 Å². The van der Waals surface area contributed by atoms with E-state index in [1.54, 1.807) is 6.92 Å². The third-order valence-electron chi connectivity index (χ3n) is 2.30. The van der Waals surface area contributed by atoms with E-state index in [4.69, 9.17) is 5.73 Å². The van der Waals surface area contributed by atoms with Crippen molar-refractivity contribution in [1.29, 1.82) is 0 Å². The first-order valence-corrected chi connectivity index (χ1v) is 6.17. The van der Waals surface area contributed by atoms with Gasteiger partial charge in [0.2, 0.25) is 11.9 Å². The monoisotopic (exact) mass is 347 g/mol. The van der Waals surface area contributed by atoms with Crippen molar-refractivity contribution in [2.45, 2.75) is 13.1 Å². The number of benzene rings is 1. The summed E-state index contributed by atoms with van der Waals surface area (Å²) >= 11 is 2.89. The van der Waals surface area contributed by atoms with E-state index in [0.717, 1.165) is 6.07 Å². The van der Waals surface area contributed by atoms with E-state index in [2.05, 4.69) is 36.2 Å². The Labute approximate surface area is 120 Å². The molecular formula is C11H9BrF3N5. The van der Waals surface area contributed by atoms with Crippen molar-refractivity contribution in [1.82, 2.24) is 15.0 Å². The highest BCUT2D eigenvalue weighted by Crippen LogP contribution is 2.36. The summed E-state index contributed by atoms with van der Waals surface area (Å²) in [5, 5.41) is 2.77. The lowest BCUT2D eigenvalue weighted by atomic mass is 10.2. The van der Waals surface area contributed by atoms with Crippen molar-refractivity contribution in [3.05, 3.63) is 34.1 Å². The van der Waals surface area contributed by atoms with Crippen LogP contribution in [-0.2, 0) is 6.18 Å². The Bertz CT molecular complexity index is 624. The van der Waals surface area contributed by atoms with Crippen LogP contribution in [0.25, 0.3) is 0 Å². The Morgan fingerprint density at radius 3 is 2.45 bits per heavy atom. The molecule has 1 aromatic heterocycles. The molecule has 0 fully saturated rings. The molecular weight excluding hydrogens is 339 g/mol. The number of aromatic nitrogens is 3. The third-order valence-corrected chi connectivity index (χ3v) is 2.95. The standard InChI is InChI=1S/C11H9BrF3N5/c1-5-17-9(16)20-10(18-5)19-6-2-3-7(8(12)4-6)11(13,14)15/h2-4H,1H3,(H3,16,17,18,19,20). The van der Waals surface area contributed by atoms with Gasteiger partial charge in [0.25, 0.3) is 0 Å². The van der Waals surface area contributed by atoms with Gasteiger partial charge in [-0.2, -0.15) is 28.1 Å². The molecule has 0 saturated heterocycles. The minimum Gasteiger partial charge on any atom is -0.368 e. The van der Waals surface area contributed by atoms with Crippen LogP contribution >= 0.6 is 15.9 Å². The average Bonchev–Trinajstić information content (AvgIpc) is 2.25. The lowest BCUT2D eigenvalue weighted by molar-refractivity contribution is -0.138. The highest BCUT2D eigenvalue weighted by molar-refractivity contribution is 9.10. The number of hydrogen-bond donors (Lipinski definition) is 2. The maximum absolute atomic E-state index is 12.6. The van der Waals surface area contributed by atoms with Gasteiger partial charge in [-0.05, 0) is 25.1 Å². The van der Waals surface area contributed by atoms with Crippen LogP contribution in [0.2, 0.25) is 0 Å². The molecule has 0 atom stereocenters. The smallest absolute Gasteiger partial charge is 0.368 e. The Kier molecular flexibility index (Phi) is 3.80. The van der Waals surface area contributed by atoms with Crippen molar-refractivity contribution in [2.24, 2.45) is 0 Å². The first kappa shape index (κ1) is 14.5. The lowest BCUT2D eigenvalue weighted by Gasteiger charge is -2.11. The summed E-state index contributed by atoms with van der Waals surface area (Å²) in [6, 6.07) is 3.53. The molecule has 0 unspecified atom stereocenters. The van der Waals surface area contributed by atoms with Gasteiger partial charge in [0, 0.05) is 10.2 Å². The fourth-order valence-corrected chi connectivity index (χ4v) is 2.11. The van der Waals surface area contributed by atoms with Crippen molar-refractivity contribution >= 4 is 33.5 Å². The van der Waals surface area contributed by atoms with E-state index < -0.39 is 11.7 Å². The van der Waals surface area contributed by atoms with E-state index in [9.17, 15) is 13.2 Å². The van der Waals surface area contributed by atoms with Gasteiger partial charge in [0.15, 0.2) is 0 Å². The molecule has 5 nitrogen and oxygen atoms in total. The molecule has 0 spiro atoms. The van der Waals surface area contributed by atoms with Crippen molar-refractivity contribution < 1.29 is 13.2 Å². The number of aryl methyl sites for hydroxylation is 1. The van der Waals surface area contributed by atoms with Crippen LogP contribution < -0.4 is 11.1 Å². The number of nitrogen functional groups attached to an aromatic ring is 1. The molecule has 0 aliphatic rings. The number of halogens is 4. The molecule has 2 aromatic rings. The molecule has 0 saturated carbocycles. The average molecular weight is 348 g/mol. The number of rotatable bonds is 2. The second-order valence-corrected chi connectivity index (χ2v) is 4.74. The first-order valence-electron chi connectivity index (χ1n) is 5.37. The second kappa shape index (κ2) is 5.23. The van der Waals surface area contributed by atoms with E-state index in [1.165, 1.54) is 12.1 Å². The van der Waals surface area contributed by atoms with Crippen LogP contribution in [0.15, 0.2) is 22.7 Å². The van der Waals surface area contributed by atoms with E-state index >= 15 is 0 Å². The van der Waals surface area contributed by atoms with Gasteiger partial charge in [-0.15, -0.1) is 0 Å². The molecule has 0 radical (unpaired) electrons. The highest BCUT2D eigenvalue weighted by Gasteiger charge is 2.32. The molecule has 0 bridgehead atoms. The summed E-state index contributed by atoms with van der Waals surface area (Å²) in [6.45, 7) is 1.63. The van der Waals surface area contributed by atoms with Gasteiger partial charge in [-0.1, -0.05) is 15.9 Å². The SMILES string of the molecule is Cc1nc(N)nc(Nc2ccc(C(F)(F)F)c(Br)c2)n1. The van der Waals surface area contributed by atoms with Gasteiger partial charge in [0.05, 0.1) is 5.56 Å². The number of anilines is 3. The summed E-state index contributed by atoms with van der Waals surface area (Å²) < 4.78 is 37.8. The van der Waals surface area contributed by atoms with E-state index in [0.29, 0.717) is 11.5 Å². The van der Waals surface area contributed by atoms with E-state index in [-0.39, 0.29) is 16.4 Å². The Hall–Kier alpha value is -1.90. The number of nitrogens with zero attached hydrogens (tertiary/aromatic N) is 3. The minimum absolute atomic E-state index is 0.0333. The minimum atomic E-state index is -4.41. The van der Waals surface area contributed by atoms with Crippen LogP contribution in [0.4, 0.5) is 30.8 Å². The van der Waals surface area contributed by atoms with Gasteiger partial charge >= 0.3 is 6.18 Å². The quantitative estimate of drug-likeness (QED) is 0.871. The molecule has 0 amide bonds. The summed E-state index contributed by atoms with van der Waals surface area (Å²) in [5.41, 5.74) is 5.11. The molecule has 2 rings (SSSR count). The second-order valence-electron chi connectivity index (χ2n) is 3.88. The maximum Gasteiger partial charge on any atom is 0.417 e. The molecule has 106 valence electrons. The molecule has 3 N–H and O–H groups in total. The van der Waals surface area contributed by atoms with Gasteiger partial charge in [0.1, 0.15) is 5.82 Å². The van der Waals surface area contributed by atoms with Crippen LogP contribution in [0, 0.1) is 6.92 Å². The number of nitrogens with one attached hydrogen (secondary N) is 1. The highest BCUT2D eigenvalue weighted by atomic mass is 79.9. The van der Waals surface area contributed by atoms with Crippen LogP contribution in [0.1, 0.15) is 11.4 Å². The Balaban J connectivity index is 2.29. The Morgan fingerprint density at radius 1 is 1.20 bits per heavy atom. The zero-order valence-electron chi connectivity index (χ0n) is 10.2. The number of nitrogens with two attached hydrogens (primary N) is 1. The fourth-order valence-electron chi connectivity index (χ4n) is 1.51. The first-order chi connectivity index (χ1) is 9.25. The zero-order chi connectivity index (χ0) is 14.9. The van der Waals surface area contributed by atoms with Crippen LogP contribution in [0.3, 0.4) is 0 Å². The van der Waals surface area contributed by atoms with Gasteiger partial charge in [-0.25, -0.2) is 0 Å². The maximum atomic E-state index is 12.6. The van der Waals surface area contributed by atoms with Crippen LogP contribution in [-0.4, -0.2) is 15.0 Å². The third kappa shape index (κ3) is 3.35. The zero-order valence-corrected chi connectivity index (χ0v) is 11.7. The predicted octanol–water partition coefficient (Wildman–Crippen LogP) is 3.29. The summed E-state index contributed by atoms with van der Waals surface area (Å²) in [6.07, 6.45) is -4.41. The van der Waals surface area contributed by atoms with Gasteiger partial charge < -0.3 is 11.1 Å². The lowest BCUT2D eigenvalue weighted by Crippen LogP contribution is -2.07. The molecule has 20 heavy (non-hydrogen) atoms. The number of alkyl halides is 3. The Morgan fingerprint density at radius 2 is 1.90 bits per heavy atom. The summed E-state index contributed by atoms with van der Waals surface area (Å²) in [7, 11) is 0. The molecule has 0 aliphatic carbocycles. The van der Waals surface area contributed by atoms with E-state index in [1.807, 2.05) is 0 Å². The fraction of sp³-hybridized carbons (Fsp3) is 0.182. The molecule has 1 aromatic carbocycles. The topological polar surface area (TPSA) is 76.7 Å². The van der Waals surface area contributed by atoms with Crippen LogP contribution in [0.5, 0.6) is 0 Å². The summed E-state index contributed by atoms with van der Waals surface area (Å²) in [5.74, 6) is 0.610. The number of hydrogen-bond acceptors (Lipinski definition) is 5. The molecule has 1 heterocycles. The molecule has 0 aliphatic heterocycles. The van der Waals surface area contributed by atoms with Crippen molar-refractivity contribution in [2.75, 3.05) is 11.1 Å².